The minimum atomic E-state index is 0.300. The molecule has 0 aromatic heterocycles. The zero-order chi connectivity index (χ0) is 10.9. The van der Waals surface area contributed by atoms with E-state index in [0.717, 1.165) is 31.7 Å². The monoisotopic (exact) mass is 211 g/mol. The molecule has 2 atom stereocenters. The maximum absolute atomic E-state index is 5.75. The van der Waals surface area contributed by atoms with E-state index in [9.17, 15) is 0 Å². The first kappa shape index (κ1) is 11.4. The number of hydrogen-bond donors (Lipinski definition) is 0. The zero-order valence-electron chi connectivity index (χ0n) is 10.5. The smallest absolute Gasteiger partial charge is 0.0593 e. The molecule has 0 aromatic carbocycles. The Morgan fingerprint density at radius 2 is 1.87 bits per heavy atom. The molecule has 0 N–H and O–H groups in total. The Morgan fingerprint density at radius 3 is 2.60 bits per heavy atom. The van der Waals surface area contributed by atoms with Gasteiger partial charge in [-0.15, -0.1) is 0 Å². The zero-order valence-corrected chi connectivity index (χ0v) is 10.5. The minimum absolute atomic E-state index is 0.300. The quantitative estimate of drug-likeness (QED) is 0.611. The molecule has 1 saturated carbocycles. The third-order valence-electron chi connectivity index (χ3n) is 3.94. The summed E-state index contributed by atoms with van der Waals surface area (Å²) < 4.78 is 5.75. The molecule has 2 rings (SSSR count). The highest BCUT2D eigenvalue weighted by Gasteiger charge is 2.36. The van der Waals surface area contributed by atoms with Crippen molar-refractivity contribution in [2.24, 2.45) is 5.92 Å². The van der Waals surface area contributed by atoms with Crippen LogP contribution in [0.5, 0.6) is 0 Å². The Labute approximate surface area is 94.0 Å². The molecule has 0 radical (unpaired) electrons. The fourth-order valence-electron chi connectivity index (χ4n) is 3.19. The largest absolute Gasteiger partial charge is 0.380 e. The predicted molar refractivity (Wildman–Crippen MR) is 63.0 cm³/mol. The normalized spacial score (nSPS) is 34.6. The second-order valence-electron chi connectivity index (χ2n) is 6.05. The second kappa shape index (κ2) is 4.42. The standard InChI is InChI=1S/C13H25NO/c1-13(2,3)14-8-9-15-10-11-6-4-5-7-12(11)14/h11-12H,4-10H2,1-3H3. The van der Waals surface area contributed by atoms with Gasteiger partial charge in [-0.05, 0) is 39.5 Å². The van der Waals surface area contributed by atoms with Crippen LogP contribution in [0.15, 0.2) is 0 Å². The molecule has 1 heterocycles. The Kier molecular flexibility index (Phi) is 3.36. The topological polar surface area (TPSA) is 12.5 Å². The summed E-state index contributed by atoms with van der Waals surface area (Å²) in [7, 11) is 0. The highest BCUT2D eigenvalue weighted by molar-refractivity contribution is 4.90. The van der Waals surface area contributed by atoms with Crippen LogP contribution in [0.4, 0.5) is 0 Å². The van der Waals surface area contributed by atoms with Crippen molar-refractivity contribution in [2.75, 3.05) is 19.8 Å². The van der Waals surface area contributed by atoms with E-state index in [0.29, 0.717) is 5.54 Å². The molecule has 1 aliphatic heterocycles. The van der Waals surface area contributed by atoms with E-state index in [-0.39, 0.29) is 0 Å². The molecule has 0 aromatic rings. The first-order valence-corrected chi connectivity index (χ1v) is 6.43. The van der Waals surface area contributed by atoms with E-state index in [1.165, 1.54) is 25.7 Å². The van der Waals surface area contributed by atoms with Crippen LogP contribution in [0.2, 0.25) is 0 Å². The van der Waals surface area contributed by atoms with Crippen LogP contribution < -0.4 is 0 Å². The number of rotatable bonds is 0. The molecular weight excluding hydrogens is 186 g/mol. The minimum Gasteiger partial charge on any atom is -0.380 e. The first-order chi connectivity index (χ1) is 7.09. The van der Waals surface area contributed by atoms with Crippen molar-refractivity contribution in [3.8, 4) is 0 Å². The van der Waals surface area contributed by atoms with Crippen molar-refractivity contribution < 1.29 is 4.74 Å². The molecule has 15 heavy (non-hydrogen) atoms. The van der Waals surface area contributed by atoms with Crippen LogP contribution in [0, 0.1) is 5.92 Å². The lowest BCUT2D eigenvalue weighted by Crippen LogP contribution is -2.52. The maximum atomic E-state index is 5.75. The lowest BCUT2D eigenvalue weighted by Gasteiger charge is -2.45. The Hall–Kier alpha value is -0.0800. The summed E-state index contributed by atoms with van der Waals surface area (Å²) in [4.78, 5) is 2.68. The molecule has 1 aliphatic carbocycles. The van der Waals surface area contributed by atoms with Gasteiger partial charge in [0.15, 0.2) is 0 Å². The highest BCUT2D eigenvalue weighted by atomic mass is 16.5. The van der Waals surface area contributed by atoms with E-state index >= 15 is 0 Å². The van der Waals surface area contributed by atoms with Crippen molar-refractivity contribution in [2.45, 2.75) is 58.0 Å². The molecule has 2 heteroatoms. The Morgan fingerprint density at radius 1 is 1.13 bits per heavy atom. The average Bonchev–Trinajstić information content (AvgIpc) is 2.38. The molecular formula is C13H25NO. The van der Waals surface area contributed by atoms with Gasteiger partial charge < -0.3 is 4.74 Å². The first-order valence-electron chi connectivity index (χ1n) is 6.43. The lowest BCUT2D eigenvalue weighted by atomic mass is 9.82. The van der Waals surface area contributed by atoms with E-state index < -0.39 is 0 Å². The summed E-state index contributed by atoms with van der Waals surface area (Å²) in [6.45, 7) is 10.0. The molecule has 0 bridgehead atoms. The summed E-state index contributed by atoms with van der Waals surface area (Å²) in [5.74, 6) is 0.792. The van der Waals surface area contributed by atoms with Gasteiger partial charge in [0.25, 0.3) is 0 Å². The van der Waals surface area contributed by atoms with Crippen molar-refractivity contribution in [1.29, 1.82) is 0 Å². The molecule has 1 saturated heterocycles. The molecule has 2 unspecified atom stereocenters. The predicted octanol–water partition coefficient (Wildman–Crippen LogP) is 2.68. The van der Waals surface area contributed by atoms with Gasteiger partial charge in [0.2, 0.25) is 0 Å². The SMILES string of the molecule is CC(C)(C)N1CCOCC2CCCCC21. The van der Waals surface area contributed by atoms with Crippen LogP contribution in [0.25, 0.3) is 0 Å². The molecule has 2 fully saturated rings. The number of ether oxygens (including phenoxy) is 1. The van der Waals surface area contributed by atoms with Crippen LogP contribution in [-0.2, 0) is 4.74 Å². The van der Waals surface area contributed by atoms with Crippen molar-refractivity contribution in [1.82, 2.24) is 4.90 Å². The molecule has 2 nitrogen and oxygen atoms in total. The summed E-state index contributed by atoms with van der Waals surface area (Å²) in [5.41, 5.74) is 0.300. The summed E-state index contributed by atoms with van der Waals surface area (Å²) in [6, 6.07) is 0.779. The van der Waals surface area contributed by atoms with E-state index in [2.05, 4.69) is 25.7 Å². The van der Waals surface area contributed by atoms with Gasteiger partial charge in [-0.1, -0.05) is 12.8 Å². The third kappa shape index (κ3) is 2.54. The van der Waals surface area contributed by atoms with Gasteiger partial charge in [0, 0.05) is 18.1 Å². The number of nitrogens with zero attached hydrogens (tertiary/aromatic N) is 1. The van der Waals surface area contributed by atoms with Crippen molar-refractivity contribution in [3.05, 3.63) is 0 Å². The fourth-order valence-corrected chi connectivity index (χ4v) is 3.19. The van der Waals surface area contributed by atoms with Crippen LogP contribution in [0.3, 0.4) is 0 Å². The number of fused-ring (bicyclic) bond motifs is 1. The summed E-state index contributed by atoms with van der Waals surface area (Å²) in [6.07, 6.45) is 5.57. The highest BCUT2D eigenvalue weighted by Crippen LogP contribution is 2.33. The van der Waals surface area contributed by atoms with Gasteiger partial charge in [0.1, 0.15) is 0 Å². The van der Waals surface area contributed by atoms with Gasteiger partial charge in [0.05, 0.1) is 13.2 Å². The molecule has 88 valence electrons. The second-order valence-corrected chi connectivity index (χ2v) is 6.05. The van der Waals surface area contributed by atoms with Gasteiger partial charge in [-0.2, -0.15) is 0 Å². The van der Waals surface area contributed by atoms with Gasteiger partial charge in [-0.25, -0.2) is 0 Å². The molecule has 2 aliphatic rings. The lowest BCUT2D eigenvalue weighted by molar-refractivity contribution is 0.0417. The van der Waals surface area contributed by atoms with Crippen LogP contribution >= 0.6 is 0 Å². The fraction of sp³-hybridized carbons (Fsp3) is 1.00. The van der Waals surface area contributed by atoms with Gasteiger partial charge >= 0.3 is 0 Å². The molecule has 0 amide bonds. The average molecular weight is 211 g/mol. The van der Waals surface area contributed by atoms with Crippen LogP contribution in [0.1, 0.15) is 46.5 Å². The van der Waals surface area contributed by atoms with Gasteiger partial charge in [-0.3, -0.25) is 4.90 Å². The Balaban J connectivity index is 2.13. The van der Waals surface area contributed by atoms with Crippen molar-refractivity contribution in [3.63, 3.8) is 0 Å². The van der Waals surface area contributed by atoms with E-state index in [4.69, 9.17) is 4.74 Å². The summed E-state index contributed by atoms with van der Waals surface area (Å²) >= 11 is 0. The van der Waals surface area contributed by atoms with E-state index in [1.807, 2.05) is 0 Å². The Bertz CT molecular complexity index is 209. The van der Waals surface area contributed by atoms with Crippen LogP contribution in [-0.4, -0.2) is 36.2 Å². The maximum Gasteiger partial charge on any atom is 0.0593 e. The van der Waals surface area contributed by atoms with Crippen molar-refractivity contribution >= 4 is 0 Å². The molecule has 0 spiro atoms. The van der Waals surface area contributed by atoms with E-state index in [1.54, 1.807) is 0 Å². The number of hydrogen-bond acceptors (Lipinski definition) is 2. The summed E-state index contributed by atoms with van der Waals surface area (Å²) in [5, 5.41) is 0. The third-order valence-corrected chi connectivity index (χ3v) is 3.94.